The number of thiazole rings is 1. The van der Waals surface area contributed by atoms with E-state index in [2.05, 4.69) is 18.8 Å². The molecule has 0 aliphatic rings. The smallest absolute Gasteiger partial charge is 0.328 e. The number of nitrogens with zero attached hydrogens (tertiary/aromatic N) is 1. The zero-order valence-electron chi connectivity index (χ0n) is 9.69. The van der Waals surface area contributed by atoms with Gasteiger partial charge < -0.3 is 5.11 Å². The average molecular weight is 239 g/mol. The first-order valence-electron chi connectivity index (χ1n) is 5.57. The van der Waals surface area contributed by atoms with Crippen LogP contribution in [0.1, 0.15) is 42.3 Å². The van der Waals surface area contributed by atoms with Crippen LogP contribution in [-0.4, -0.2) is 16.1 Å². The molecule has 0 unspecified atom stereocenters. The van der Waals surface area contributed by atoms with Gasteiger partial charge in [0.25, 0.3) is 0 Å². The largest absolute Gasteiger partial charge is 0.478 e. The molecule has 0 radical (unpaired) electrons. The zero-order valence-corrected chi connectivity index (χ0v) is 10.5. The van der Waals surface area contributed by atoms with E-state index in [1.807, 2.05) is 0 Å². The number of carboxylic acids is 1. The lowest BCUT2D eigenvalue weighted by molar-refractivity contribution is -0.131. The Labute approximate surface area is 99.8 Å². The molecule has 0 atom stereocenters. The minimum Gasteiger partial charge on any atom is -0.478 e. The van der Waals surface area contributed by atoms with E-state index in [9.17, 15) is 4.79 Å². The van der Waals surface area contributed by atoms with Crippen LogP contribution < -0.4 is 0 Å². The fraction of sp³-hybridized carbons (Fsp3) is 0.500. The first-order chi connectivity index (χ1) is 7.67. The normalized spacial score (nSPS) is 11.1. The Hall–Kier alpha value is -1.16. The second-order valence-electron chi connectivity index (χ2n) is 3.59. The Morgan fingerprint density at radius 2 is 2.06 bits per heavy atom. The van der Waals surface area contributed by atoms with E-state index in [-0.39, 0.29) is 0 Å². The van der Waals surface area contributed by atoms with Crippen molar-refractivity contribution in [2.24, 2.45) is 0 Å². The van der Waals surface area contributed by atoms with Gasteiger partial charge in [-0.1, -0.05) is 20.3 Å². The highest BCUT2D eigenvalue weighted by Crippen LogP contribution is 2.22. The third-order valence-corrected chi connectivity index (χ3v) is 3.22. The van der Waals surface area contributed by atoms with Crippen molar-refractivity contribution in [1.82, 2.24) is 4.98 Å². The van der Waals surface area contributed by atoms with Gasteiger partial charge in [-0.25, -0.2) is 9.78 Å². The molecule has 0 amide bonds. The molecule has 0 aliphatic carbocycles. The SMILES string of the molecule is CCCc1nc(CCC)c(/C=C/C(=O)O)s1. The van der Waals surface area contributed by atoms with E-state index in [0.29, 0.717) is 0 Å². The van der Waals surface area contributed by atoms with Crippen LogP contribution in [0.4, 0.5) is 0 Å². The molecule has 1 aromatic heterocycles. The van der Waals surface area contributed by atoms with Crippen LogP contribution in [0.25, 0.3) is 6.08 Å². The second-order valence-corrected chi connectivity index (χ2v) is 4.71. The quantitative estimate of drug-likeness (QED) is 0.776. The van der Waals surface area contributed by atoms with Gasteiger partial charge in [-0.3, -0.25) is 0 Å². The van der Waals surface area contributed by atoms with Crippen LogP contribution in [0.15, 0.2) is 6.08 Å². The molecule has 3 nitrogen and oxygen atoms in total. The molecule has 1 N–H and O–H groups in total. The summed E-state index contributed by atoms with van der Waals surface area (Å²) in [7, 11) is 0. The molecular weight excluding hydrogens is 222 g/mol. The van der Waals surface area contributed by atoms with Crippen LogP contribution in [-0.2, 0) is 17.6 Å². The van der Waals surface area contributed by atoms with Crippen LogP contribution in [0, 0.1) is 0 Å². The van der Waals surface area contributed by atoms with E-state index < -0.39 is 5.97 Å². The van der Waals surface area contributed by atoms with Crippen molar-refractivity contribution in [3.8, 4) is 0 Å². The molecule has 0 fully saturated rings. The topological polar surface area (TPSA) is 50.2 Å². The predicted molar refractivity (Wildman–Crippen MR) is 66.8 cm³/mol. The number of hydrogen-bond donors (Lipinski definition) is 1. The van der Waals surface area contributed by atoms with Crippen molar-refractivity contribution in [1.29, 1.82) is 0 Å². The standard InChI is InChI=1S/C12H17NO2S/c1-3-5-9-10(7-8-12(14)15)16-11(13-9)6-4-2/h7-8H,3-6H2,1-2H3,(H,14,15)/b8-7+. The molecule has 88 valence electrons. The summed E-state index contributed by atoms with van der Waals surface area (Å²) < 4.78 is 0. The highest BCUT2D eigenvalue weighted by molar-refractivity contribution is 7.12. The first kappa shape index (κ1) is 12.9. The lowest BCUT2D eigenvalue weighted by Crippen LogP contribution is -1.89. The Bertz CT molecular complexity index is 382. The Morgan fingerprint density at radius 3 is 2.62 bits per heavy atom. The summed E-state index contributed by atoms with van der Waals surface area (Å²) >= 11 is 1.60. The van der Waals surface area contributed by atoms with E-state index in [4.69, 9.17) is 5.11 Å². The third kappa shape index (κ3) is 3.77. The second kappa shape index (κ2) is 6.43. The Morgan fingerprint density at radius 1 is 1.38 bits per heavy atom. The Balaban J connectivity index is 2.90. The minimum atomic E-state index is -0.909. The van der Waals surface area contributed by atoms with E-state index >= 15 is 0 Å². The van der Waals surface area contributed by atoms with Gasteiger partial charge in [0.15, 0.2) is 0 Å². The molecule has 16 heavy (non-hydrogen) atoms. The van der Waals surface area contributed by atoms with Crippen LogP contribution in [0.5, 0.6) is 0 Å². The number of aromatic nitrogens is 1. The molecule has 0 aromatic carbocycles. The monoisotopic (exact) mass is 239 g/mol. The molecule has 0 saturated heterocycles. The summed E-state index contributed by atoms with van der Waals surface area (Å²) in [6.07, 6.45) is 6.83. The molecule has 1 aromatic rings. The number of rotatable bonds is 6. The number of carboxylic acid groups (broad SMARTS) is 1. The molecule has 0 saturated carbocycles. The maximum absolute atomic E-state index is 10.5. The third-order valence-electron chi connectivity index (χ3n) is 2.10. The summed E-state index contributed by atoms with van der Waals surface area (Å²) in [5.74, 6) is -0.909. The first-order valence-corrected chi connectivity index (χ1v) is 6.38. The van der Waals surface area contributed by atoms with Crippen molar-refractivity contribution in [3.63, 3.8) is 0 Å². The van der Waals surface area contributed by atoms with Gasteiger partial charge in [0.05, 0.1) is 15.6 Å². The van der Waals surface area contributed by atoms with Gasteiger partial charge in [0, 0.05) is 6.08 Å². The van der Waals surface area contributed by atoms with Gasteiger partial charge in [0.1, 0.15) is 0 Å². The molecule has 0 aliphatic heterocycles. The van der Waals surface area contributed by atoms with E-state index in [0.717, 1.165) is 41.3 Å². The minimum absolute atomic E-state index is 0.909. The zero-order chi connectivity index (χ0) is 12.0. The summed E-state index contributed by atoms with van der Waals surface area (Å²) in [4.78, 5) is 16.0. The number of hydrogen-bond acceptors (Lipinski definition) is 3. The van der Waals surface area contributed by atoms with Gasteiger partial charge >= 0.3 is 5.97 Å². The van der Waals surface area contributed by atoms with Crippen molar-refractivity contribution in [2.45, 2.75) is 39.5 Å². The van der Waals surface area contributed by atoms with Crippen LogP contribution in [0.2, 0.25) is 0 Å². The van der Waals surface area contributed by atoms with Crippen LogP contribution in [0.3, 0.4) is 0 Å². The fourth-order valence-corrected chi connectivity index (χ4v) is 2.55. The summed E-state index contributed by atoms with van der Waals surface area (Å²) in [5.41, 5.74) is 1.04. The maximum atomic E-state index is 10.5. The van der Waals surface area contributed by atoms with Crippen molar-refractivity contribution in [2.75, 3.05) is 0 Å². The lowest BCUT2D eigenvalue weighted by atomic mass is 10.2. The van der Waals surface area contributed by atoms with E-state index in [1.165, 1.54) is 6.08 Å². The average Bonchev–Trinajstić information content (AvgIpc) is 2.59. The Kier molecular flexibility index (Phi) is 5.19. The molecule has 4 heteroatoms. The van der Waals surface area contributed by atoms with E-state index in [1.54, 1.807) is 17.4 Å². The van der Waals surface area contributed by atoms with Gasteiger partial charge in [-0.2, -0.15) is 0 Å². The summed E-state index contributed by atoms with van der Waals surface area (Å²) in [6.45, 7) is 4.22. The molecule has 0 spiro atoms. The molecule has 0 bridgehead atoms. The summed E-state index contributed by atoms with van der Waals surface area (Å²) in [6, 6.07) is 0. The molecular formula is C12H17NO2S. The maximum Gasteiger partial charge on any atom is 0.328 e. The fourth-order valence-electron chi connectivity index (χ4n) is 1.43. The molecule has 1 heterocycles. The van der Waals surface area contributed by atoms with Gasteiger partial charge in [-0.15, -0.1) is 11.3 Å². The van der Waals surface area contributed by atoms with Crippen LogP contribution >= 0.6 is 11.3 Å². The van der Waals surface area contributed by atoms with Crippen molar-refractivity contribution >= 4 is 23.4 Å². The highest BCUT2D eigenvalue weighted by atomic mass is 32.1. The van der Waals surface area contributed by atoms with Crippen molar-refractivity contribution < 1.29 is 9.90 Å². The number of carbonyl (C=O) groups is 1. The highest BCUT2D eigenvalue weighted by Gasteiger charge is 2.07. The van der Waals surface area contributed by atoms with Gasteiger partial charge in [0.2, 0.25) is 0 Å². The number of aryl methyl sites for hydroxylation is 2. The number of aliphatic carboxylic acids is 1. The lowest BCUT2D eigenvalue weighted by Gasteiger charge is -1.93. The molecule has 1 rings (SSSR count). The van der Waals surface area contributed by atoms with Crippen molar-refractivity contribution in [3.05, 3.63) is 21.7 Å². The predicted octanol–water partition coefficient (Wildman–Crippen LogP) is 3.15. The summed E-state index contributed by atoms with van der Waals surface area (Å²) in [5, 5.41) is 9.71. The van der Waals surface area contributed by atoms with Gasteiger partial charge in [-0.05, 0) is 25.3 Å².